The van der Waals surface area contributed by atoms with E-state index in [1.54, 1.807) is 0 Å². The van der Waals surface area contributed by atoms with E-state index in [1.165, 1.54) is 12.1 Å². The quantitative estimate of drug-likeness (QED) is 0.774. The first kappa shape index (κ1) is 13.8. The lowest BCUT2D eigenvalue weighted by atomic mass is 10.2. The lowest BCUT2D eigenvalue weighted by Crippen LogP contribution is -2.12. The fraction of sp³-hybridized carbons (Fsp3) is 0.176. The predicted molar refractivity (Wildman–Crippen MR) is 80.2 cm³/mol. The van der Waals surface area contributed by atoms with E-state index in [0.717, 1.165) is 22.7 Å². The summed E-state index contributed by atoms with van der Waals surface area (Å²) in [5, 5.41) is 4.25. The summed E-state index contributed by atoms with van der Waals surface area (Å²) in [6.07, 6.45) is 0. The zero-order chi connectivity index (χ0) is 14.8. The molecule has 1 heterocycles. The SMILES string of the molecule is CNCc1cc2ccccc2n1Cc1cc(F)cc(F)c1. The van der Waals surface area contributed by atoms with Crippen molar-refractivity contribution in [3.63, 3.8) is 0 Å². The molecule has 0 fully saturated rings. The number of nitrogens with zero attached hydrogens (tertiary/aromatic N) is 1. The van der Waals surface area contributed by atoms with E-state index in [0.29, 0.717) is 18.7 Å². The van der Waals surface area contributed by atoms with Crippen LogP contribution in [0, 0.1) is 11.6 Å². The smallest absolute Gasteiger partial charge is 0.126 e. The van der Waals surface area contributed by atoms with Crippen LogP contribution in [0.4, 0.5) is 8.78 Å². The zero-order valence-corrected chi connectivity index (χ0v) is 11.7. The standard InChI is InChI=1S/C17H16F2N2/c1-20-10-16-8-13-4-2-3-5-17(13)21(16)11-12-6-14(18)9-15(19)7-12/h2-9,20H,10-11H2,1H3. The first-order valence-corrected chi connectivity index (χ1v) is 6.84. The maximum atomic E-state index is 13.4. The van der Waals surface area contributed by atoms with Crippen molar-refractivity contribution in [2.45, 2.75) is 13.1 Å². The number of fused-ring (bicyclic) bond motifs is 1. The molecule has 0 saturated carbocycles. The van der Waals surface area contributed by atoms with Crippen LogP contribution in [-0.4, -0.2) is 11.6 Å². The Morgan fingerprint density at radius 2 is 1.71 bits per heavy atom. The maximum absolute atomic E-state index is 13.4. The molecule has 3 aromatic rings. The number of hydrogen-bond acceptors (Lipinski definition) is 1. The Bertz CT molecular complexity index is 757. The second-order valence-electron chi connectivity index (χ2n) is 5.09. The van der Waals surface area contributed by atoms with Crippen molar-refractivity contribution in [1.82, 2.24) is 9.88 Å². The molecule has 0 unspecified atom stereocenters. The highest BCUT2D eigenvalue weighted by Gasteiger charge is 2.09. The molecule has 0 atom stereocenters. The number of aromatic nitrogens is 1. The maximum Gasteiger partial charge on any atom is 0.126 e. The van der Waals surface area contributed by atoms with E-state index in [1.807, 2.05) is 31.3 Å². The minimum Gasteiger partial charge on any atom is -0.339 e. The minimum absolute atomic E-state index is 0.444. The van der Waals surface area contributed by atoms with E-state index in [4.69, 9.17) is 0 Å². The molecule has 0 spiro atoms. The van der Waals surface area contributed by atoms with Gasteiger partial charge in [-0.25, -0.2) is 8.78 Å². The third-order valence-corrected chi connectivity index (χ3v) is 3.52. The van der Waals surface area contributed by atoms with Gasteiger partial charge in [-0.3, -0.25) is 0 Å². The van der Waals surface area contributed by atoms with Crippen LogP contribution in [0.2, 0.25) is 0 Å². The molecule has 21 heavy (non-hydrogen) atoms. The van der Waals surface area contributed by atoms with Gasteiger partial charge in [0.15, 0.2) is 0 Å². The predicted octanol–water partition coefficient (Wildman–Crippen LogP) is 3.69. The lowest BCUT2D eigenvalue weighted by Gasteiger charge is -2.11. The second kappa shape index (κ2) is 5.66. The zero-order valence-electron chi connectivity index (χ0n) is 11.7. The molecule has 2 nitrogen and oxygen atoms in total. The number of hydrogen-bond donors (Lipinski definition) is 1. The summed E-state index contributed by atoms with van der Waals surface area (Å²) < 4.78 is 28.8. The van der Waals surface area contributed by atoms with Gasteiger partial charge in [-0.15, -0.1) is 0 Å². The lowest BCUT2D eigenvalue weighted by molar-refractivity contribution is 0.577. The Morgan fingerprint density at radius 3 is 2.43 bits per heavy atom. The van der Waals surface area contributed by atoms with Gasteiger partial charge in [-0.2, -0.15) is 0 Å². The van der Waals surface area contributed by atoms with Gasteiger partial charge >= 0.3 is 0 Å². The van der Waals surface area contributed by atoms with Crippen molar-refractivity contribution >= 4 is 10.9 Å². The Balaban J connectivity index is 2.07. The molecular formula is C17H16F2N2. The monoisotopic (exact) mass is 286 g/mol. The van der Waals surface area contributed by atoms with Crippen molar-refractivity contribution in [3.8, 4) is 0 Å². The van der Waals surface area contributed by atoms with Crippen LogP contribution < -0.4 is 5.32 Å². The van der Waals surface area contributed by atoms with Crippen LogP contribution in [0.25, 0.3) is 10.9 Å². The van der Waals surface area contributed by atoms with Gasteiger partial charge in [0.2, 0.25) is 0 Å². The molecule has 1 aromatic heterocycles. The summed E-state index contributed by atoms with van der Waals surface area (Å²) in [7, 11) is 1.88. The molecule has 4 heteroatoms. The van der Waals surface area contributed by atoms with Crippen LogP contribution in [0.1, 0.15) is 11.3 Å². The molecule has 0 radical (unpaired) electrons. The molecule has 0 aliphatic carbocycles. The summed E-state index contributed by atoms with van der Waals surface area (Å²) >= 11 is 0. The van der Waals surface area contributed by atoms with Gasteiger partial charge in [-0.1, -0.05) is 18.2 Å². The highest BCUT2D eigenvalue weighted by Crippen LogP contribution is 2.22. The third kappa shape index (κ3) is 2.81. The fourth-order valence-corrected chi connectivity index (χ4v) is 2.67. The average molecular weight is 286 g/mol. The second-order valence-corrected chi connectivity index (χ2v) is 5.09. The van der Waals surface area contributed by atoms with Gasteiger partial charge < -0.3 is 9.88 Å². The molecule has 1 N–H and O–H groups in total. The van der Waals surface area contributed by atoms with Gasteiger partial charge in [0.05, 0.1) is 0 Å². The highest BCUT2D eigenvalue weighted by atomic mass is 19.1. The highest BCUT2D eigenvalue weighted by molar-refractivity contribution is 5.81. The van der Waals surface area contributed by atoms with E-state index in [-0.39, 0.29) is 0 Å². The van der Waals surface area contributed by atoms with Gasteiger partial charge in [0, 0.05) is 30.4 Å². The van der Waals surface area contributed by atoms with E-state index < -0.39 is 11.6 Å². The first-order valence-electron chi connectivity index (χ1n) is 6.84. The number of nitrogens with one attached hydrogen (secondary N) is 1. The van der Waals surface area contributed by atoms with E-state index in [2.05, 4.69) is 16.0 Å². The average Bonchev–Trinajstić information content (AvgIpc) is 2.76. The molecule has 0 bridgehead atoms. The molecule has 0 amide bonds. The van der Waals surface area contributed by atoms with Crippen molar-refractivity contribution in [2.75, 3.05) is 7.05 Å². The molecule has 0 aliphatic heterocycles. The van der Waals surface area contributed by atoms with Gasteiger partial charge in [0.1, 0.15) is 11.6 Å². The van der Waals surface area contributed by atoms with Crippen molar-refractivity contribution in [1.29, 1.82) is 0 Å². The Labute approximate surface area is 122 Å². The molecule has 0 aliphatic rings. The summed E-state index contributed by atoms with van der Waals surface area (Å²) in [5.41, 5.74) is 2.77. The summed E-state index contributed by atoms with van der Waals surface area (Å²) in [6, 6.07) is 13.8. The summed E-state index contributed by atoms with van der Waals surface area (Å²) in [5.74, 6) is -1.09. The fourth-order valence-electron chi connectivity index (χ4n) is 2.67. The molecule has 0 saturated heterocycles. The van der Waals surface area contributed by atoms with Crippen molar-refractivity contribution < 1.29 is 8.78 Å². The summed E-state index contributed by atoms with van der Waals surface area (Å²) in [6.45, 7) is 1.14. The van der Waals surface area contributed by atoms with Crippen LogP contribution in [0.3, 0.4) is 0 Å². The Hall–Kier alpha value is -2.20. The minimum atomic E-state index is -0.545. The van der Waals surface area contributed by atoms with Crippen LogP contribution in [0.5, 0.6) is 0 Å². The van der Waals surface area contributed by atoms with Crippen LogP contribution in [-0.2, 0) is 13.1 Å². The first-order chi connectivity index (χ1) is 10.2. The van der Waals surface area contributed by atoms with Crippen LogP contribution >= 0.6 is 0 Å². The Morgan fingerprint density at radius 1 is 1.00 bits per heavy atom. The molecule has 108 valence electrons. The van der Waals surface area contributed by atoms with Crippen molar-refractivity contribution in [2.24, 2.45) is 0 Å². The topological polar surface area (TPSA) is 17.0 Å². The third-order valence-electron chi connectivity index (χ3n) is 3.52. The van der Waals surface area contributed by atoms with Gasteiger partial charge in [0.25, 0.3) is 0 Å². The van der Waals surface area contributed by atoms with E-state index >= 15 is 0 Å². The van der Waals surface area contributed by atoms with Crippen LogP contribution in [0.15, 0.2) is 48.5 Å². The largest absolute Gasteiger partial charge is 0.339 e. The van der Waals surface area contributed by atoms with E-state index in [9.17, 15) is 8.78 Å². The van der Waals surface area contributed by atoms with Gasteiger partial charge in [-0.05, 0) is 42.3 Å². The molecule has 3 rings (SSSR count). The Kier molecular flexibility index (Phi) is 3.71. The molecular weight excluding hydrogens is 270 g/mol. The number of rotatable bonds is 4. The summed E-state index contributed by atoms with van der Waals surface area (Å²) in [4.78, 5) is 0. The normalized spacial score (nSPS) is 11.2. The number of benzene rings is 2. The van der Waals surface area contributed by atoms with Crippen molar-refractivity contribution in [3.05, 3.63) is 71.4 Å². The molecule has 2 aromatic carbocycles. The number of para-hydroxylation sites is 1. The number of halogens is 2.